The van der Waals surface area contributed by atoms with Crippen LogP contribution in [0.1, 0.15) is 10.4 Å². The first-order valence-corrected chi connectivity index (χ1v) is 4.04. The molecule has 0 atom stereocenters. The minimum Gasteiger partial charge on any atom is -0.289 e. The number of carbonyl (C=O) groups excluding carboxylic acids is 1. The Bertz CT molecular complexity index is 376. The van der Waals surface area contributed by atoms with Crippen molar-refractivity contribution in [2.75, 3.05) is 0 Å². The van der Waals surface area contributed by atoms with Gasteiger partial charge in [-0.25, -0.2) is 0 Å². The van der Waals surface area contributed by atoms with Gasteiger partial charge in [-0.05, 0) is 6.08 Å². The van der Waals surface area contributed by atoms with Crippen LogP contribution in [0.4, 0.5) is 0 Å². The number of carbonyl (C=O) groups is 1. The van der Waals surface area contributed by atoms with Crippen molar-refractivity contribution < 1.29 is 4.79 Å². The molecule has 13 heavy (non-hydrogen) atoms. The van der Waals surface area contributed by atoms with E-state index in [-0.39, 0.29) is 5.78 Å². The van der Waals surface area contributed by atoms with E-state index in [4.69, 9.17) is 0 Å². The lowest BCUT2D eigenvalue weighted by atomic mass is 10.1. The molecule has 0 N–H and O–H groups in total. The molecule has 0 aliphatic carbocycles. The summed E-state index contributed by atoms with van der Waals surface area (Å²) in [5.41, 5.74) is 1.35. The van der Waals surface area contributed by atoms with E-state index in [9.17, 15) is 4.79 Å². The van der Waals surface area contributed by atoms with Gasteiger partial charge in [-0.3, -0.25) is 10.1 Å². The first-order chi connectivity index (χ1) is 6.38. The molecule has 1 aliphatic rings. The molecule has 0 saturated carbocycles. The third-order valence-corrected chi connectivity index (χ3v) is 1.85. The maximum atomic E-state index is 11.7. The Morgan fingerprint density at radius 3 is 2.54 bits per heavy atom. The summed E-state index contributed by atoms with van der Waals surface area (Å²) in [6.45, 7) is 0. The first kappa shape index (κ1) is 7.80. The third kappa shape index (κ3) is 1.51. The Labute approximate surface area is 76.6 Å². The molecule has 2 heteroatoms. The minimum atomic E-state index is 0.0260. The molecule has 1 aliphatic heterocycles. The molecule has 0 amide bonds. The van der Waals surface area contributed by atoms with Crippen LogP contribution in [0.5, 0.6) is 0 Å². The van der Waals surface area contributed by atoms with Crippen LogP contribution in [-0.4, -0.2) is 5.78 Å². The predicted molar refractivity (Wildman–Crippen MR) is 50.1 cm³/mol. The highest BCUT2D eigenvalue weighted by molar-refractivity contribution is 6.10. The van der Waals surface area contributed by atoms with Crippen molar-refractivity contribution in [1.82, 2.24) is 5.32 Å². The smallest absolute Gasteiger partial charge is 0.194 e. The van der Waals surface area contributed by atoms with Gasteiger partial charge in [0, 0.05) is 23.5 Å². The van der Waals surface area contributed by atoms with E-state index in [0.717, 1.165) is 0 Å². The van der Waals surface area contributed by atoms with Gasteiger partial charge >= 0.3 is 0 Å². The molecule has 1 heterocycles. The first-order valence-electron chi connectivity index (χ1n) is 4.04. The average molecular weight is 170 g/mol. The van der Waals surface area contributed by atoms with Crippen molar-refractivity contribution in [2.45, 2.75) is 0 Å². The van der Waals surface area contributed by atoms with Crippen molar-refractivity contribution >= 4 is 5.78 Å². The molecule has 1 radical (unpaired) electrons. The summed E-state index contributed by atoms with van der Waals surface area (Å²) in [4.78, 5) is 11.7. The second kappa shape index (κ2) is 3.27. The van der Waals surface area contributed by atoms with Crippen LogP contribution in [0.2, 0.25) is 0 Å². The molecule has 0 spiro atoms. The summed E-state index contributed by atoms with van der Waals surface area (Å²) in [5.74, 6) is 0.0260. The topological polar surface area (TPSA) is 31.2 Å². The summed E-state index contributed by atoms with van der Waals surface area (Å²) in [6.07, 6.45) is 4.92. The molecule has 0 saturated heterocycles. The second-order valence-corrected chi connectivity index (χ2v) is 2.74. The molecule has 0 aromatic heterocycles. The van der Waals surface area contributed by atoms with Crippen LogP contribution in [-0.2, 0) is 0 Å². The van der Waals surface area contributed by atoms with Gasteiger partial charge in [0.2, 0.25) is 0 Å². The standard InChI is InChI=1S/C11H8NO/c13-11(10-6-7-12-8-10)9-4-2-1-3-5-9/h1-8H. The maximum Gasteiger partial charge on any atom is 0.194 e. The van der Waals surface area contributed by atoms with Gasteiger partial charge in [0.1, 0.15) is 0 Å². The van der Waals surface area contributed by atoms with Crippen LogP contribution >= 0.6 is 0 Å². The molecule has 1 aromatic carbocycles. The molecular weight excluding hydrogens is 162 g/mol. The van der Waals surface area contributed by atoms with Crippen LogP contribution in [0.15, 0.2) is 54.4 Å². The molecule has 1 aromatic rings. The third-order valence-electron chi connectivity index (χ3n) is 1.85. The molecule has 0 bridgehead atoms. The highest BCUT2D eigenvalue weighted by Gasteiger charge is 2.11. The minimum absolute atomic E-state index is 0.0260. The fraction of sp³-hybridized carbons (Fsp3) is 0. The second-order valence-electron chi connectivity index (χ2n) is 2.74. The SMILES string of the molecule is O=C(C1=C[N]C=C1)c1ccccc1. The van der Waals surface area contributed by atoms with E-state index >= 15 is 0 Å². The quantitative estimate of drug-likeness (QED) is 0.623. The zero-order chi connectivity index (χ0) is 9.10. The number of Topliss-reactive ketones (excluding diaryl/α,β-unsaturated/α-hetero) is 1. The molecule has 0 unspecified atom stereocenters. The highest BCUT2D eigenvalue weighted by atomic mass is 16.1. The molecule has 0 fully saturated rings. The summed E-state index contributed by atoms with van der Waals surface area (Å²) < 4.78 is 0. The normalized spacial score (nSPS) is 13.7. The lowest BCUT2D eigenvalue weighted by Crippen LogP contribution is -1.99. The predicted octanol–water partition coefficient (Wildman–Crippen LogP) is 1.88. The van der Waals surface area contributed by atoms with Gasteiger partial charge in [0.25, 0.3) is 0 Å². The van der Waals surface area contributed by atoms with Crippen LogP contribution in [0.25, 0.3) is 0 Å². The summed E-state index contributed by atoms with van der Waals surface area (Å²) >= 11 is 0. The van der Waals surface area contributed by atoms with Gasteiger partial charge in [-0.1, -0.05) is 30.3 Å². The van der Waals surface area contributed by atoms with E-state index in [1.807, 2.05) is 18.2 Å². The van der Waals surface area contributed by atoms with E-state index < -0.39 is 0 Å². The van der Waals surface area contributed by atoms with Gasteiger partial charge in [-0.2, -0.15) is 0 Å². The fourth-order valence-corrected chi connectivity index (χ4v) is 1.18. The number of hydrogen-bond acceptors (Lipinski definition) is 1. The largest absolute Gasteiger partial charge is 0.289 e. The van der Waals surface area contributed by atoms with Crippen molar-refractivity contribution in [3.63, 3.8) is 0 Å². The van der Waals surface area contributed by atoms with Crippen molar-refractivity contribution in [2.24, 2.45) is 0 Å². The number of hydrogen-bond donors (Lipinski definition) is 0. The Hall–Kier alpha value is -1.83. The Kier molecular flexibility index (Phi) is 1.96. The van der Waals surface area contributed by atoms with Crippen LogP contribution in [0, 0.1) is 0 Å². The number of ketones is 1. The number of allylic oxidation sites excluding steroid dienone is 2. The highest BCUT2D eigenvalue weighted by Crippen LogP contribution is 2.11. The van der Waals surface area contributed by atoms with E-state index in [1.165, 1.54) is 0 Å². The van der Waals surface area contributed by atoms with Crippen LogP contribution < -0.4 is 5.32 Å². The maximum absolute atomic E-state index is 11.7. The van der Waals surface area contributed by atoms with E-state index in [1.54, 1.807) is 30.6 Å². The van der Waals surface area contributed by atoms with Crippen LogP contribution in [0.3, 0.4) is 0 Å². The average Bonchev–Trinajstić information content (AvgIpc) is 2.71. The lowest BCUT2D eigenvalue weighted by molar-refractivity contribution is 0.103. The number of rotatable bonds is 2. The summed E-state index contributed by atoms with van der Waals surface area (Å²) in [6, 6.07) is 9.19. The summed E-state index contributed by atoms with van der Waals surface area (Å²) in [5, 5.41) is 3.85. The summed E-state index contributed by atoms with van der Waals surface area (Å²) in [7, 11) is 0. The van der Waals surface area contributed by atoms with E-state index in [0.29, 0.717) is 11.1 Å². The Balaban J connectivity index is 2.28. The monoisotopic (exact) mass is 170 g/mol. The molecular formula is C11H8NO. The van der Waals surface area contributed by atoms with Crippen molar-refractivity contribution in [3.8, 4) is 0 Å². The zero-order valence-electron chi connectivity index (χ0n) is 6.97. The fourth-order valence-electron chi connectivity index (χ4n) is 1.18. The Morgan fingerprint density at radius 1 is 1.15 bits per heavy atom. The zero-order valence-corrected chi connectivity index (χ0v) is 6.97. The number of benzene rings is 1. The molecule has 63 valence electrons. The van der Waals surface area contributed by atoms with Gasteiger partial charge < -0.3 is 0 Å². The van der Waals surface area contributed by atoms with E-state index in [2.05, 4.69) is 5.32 Å². The number of nitrogens with zero attached hydrogens (tertiary/aromatic N) is 1. The van der Waals surface area contributed by atoms with Crippen molar-refractivity contribution in [1.29, 1.82) is 0 Å². The van der Waals surface area contributed by atoms with Crippen molar-refractivity contribution in [3.05, 3.63) is 59.9 Å². The lowest BCUT2D eigenvalue weighted by Gasteiger charge is -1.97. The molecule has 2 rings (SSSR count). The van der Waals surface area contributed by atoms with Gasteiger partial charge in [-0.15, -0.1) is 0 Å². The van der Waals surface area contributed by atoms with Gasteiger partial charge in [0.05, 0.1) is 0 Å². The molecule has 2 nitrogen and oxygen atoms in total. The van der Waals surface area contributed by atoms with Gasteiger partial charge in [0.15, 0.2) is 5.78 Å². The Morgan fingerprint density at radius 2 is 1.92 bits per heavy atom.